The van der Waals surface area contributed by atoms with E-state index in [1.807, 2.05) is 6.92 Å². The monoisotopic (exact) mass is 412 g/mol. The second-order valence-electron chi connectivity index (χ2n) is 8.05. The van der Waals surface area contributed by atoms with Gasteiger partial charge in [0, 0.05) is 11.8 Å². The number of imide groups is 1. The molecular formula is C21H24N4O5. The second kappa shape index (κ2) is 7.55. The van der Waals surface area contributed by atoms with E-state index in [1.54, 1.807) is 25.1 Å². The summed E-state index contributed by atoms with van der Waals surface area (Å²) in [5.74, 6) is -1.08. The third kappa shape index (κ3) is 3.34. The zero-order chi connectivity index (χ0) is 21.5. The summed E-state index contributed by atoms with van der Waals surface area (Å²) < 4.78 is 6.66. The maximum Gasteiger partial charge on any atom is 0.326 e. The number of amides is 3. The maximum atomic E-state index is 12.9. The molecule has 2 unspecified atom stereocenters. The maximum absolute atomic E-state index is 12.9. The lowest BCUT2D eigenvalue weighted by Crippen LogP contribution is -2.54. The highest BCUT2D eigenvalue weighted by Gasteiger charge is 2.55. The van der Waals surface area contributed by atoms with Crippen molar-refractivity contribution in [1.82, 2.24) is 19.6 Å². The molecule has 0 aromatic carbocycles. The Morgan fingerprint density at radius 1 is 1.30 bits per heavy atom. The van der Waals surface area contributed by atoms with Gasteiger partial charge in [-0.2, -0.15) is 0 Å². The molecule has 1 saturated carbocycles. The summed E-state index contributed by atoms with van der Waals surface area (Å²) in [5.41, 5.74) is 0.316. The number of nitrogens with one attached hydrogen (secondary N) is 1. The van der Waals surface area contributed by atoms with Gasteiger partial charge in [-0.25, -0.2) is 9.78 Å². The van der Waals surface area contributed by atoms with Crippen LogP contribution in [0.1, 0.15) is 44.0 Å². The van der Waals surface area contributed by atoms with E-state index in [2.05, 4.69) is 10.3 Å². The van der Waals surface area contributed by atoms with Gasteiger partial charge in [0.15, 0.2) is 0 Å². The van der Waals surface area contributed by atoms with Crippen LogP contribution in [0.4, 0.5) is 4.79 Å². The van der Waals surface area contributed by atoms with E-state index in [0.717, 1.165) is 29.9 Å². The Hall–Kier alpha value is -3.23. The number of pyridine rings is 1. The summed E-state index contributed by atoms with van der Waals surface area (Å²) in [4.78, 5) is 55.2. The van der Waals surface area contributed by atoms with E-state index in [4.69, 9.17) is 4.74 Å². The van der Waals surface area contributed by atoms with Crippen molar-refractivity contribution in [3.63, 3.8) is 0 Å². The molecule has 2 aromatic heterocycles. The predicted octanol–water partition coefficient (Wildman–Crippen LogP) is 1.55. The molecular weight excluding hydrogens is 388 g/mol. The van der Waals surface area contributed by atoms with Crippen molar-refractivity contribution in [2.45, 2.75) is 51.7 Å². The zero-order valence-electron chi connectivity index (χ0n) is 17.0. The summed E-state index contributed by atoms with van der Waals surface area (Å²) in [6.07, 6.45) is 3.31. The second-order valence-corrected chi connectivity index (χ2v) is 8.05. The molecule has 1 aliphatic carbocycles. The van der Waals surface area contributed by atoms with Gasteiger partial charge < -0.3 is 10.1 Å². The fourth-order valence-corrected chi connectivity index (χ4v) is 4.41. The molecule has 3 heterocycles. The molecule has 1 N–H and O–H groups in total. The first kappa shape index (κ1) is 20.1. The van der Waals surface area contributed by atoms with Gasteiger partial charge in [-0.3, -0.25) is 23.7 Å². The molecule has 4 rings (SSSR count). The van der Waals surface area contributed by atoms with Crippen molar-refractivity contribution >= 4 is 23.6 Å². The number of rotatable bonds is 4. The number of hydrogen-bond donors (Lipinski definition) is 1. The van der Waals surface area contributed by atoms with Crippen LogP contribution in [0, 0.1) is 12.8 Å². The van der Waals surface area contributed by atoms with E-state index in [1.165, 1.54) is 10.5 Å². The Bertz CT molecular complexity index is 1090. The number of hydrogen-bond acceptors (Lipinski definition) is 6. The van der Waals surface area contributed by atoms with Crippen LogP contribution in [-0.2, 0) is 20.9 Å². The molecule has 1 saturated heterocycles. The average molecular weight is 412 g/mol. The average Bonchev–Trinajstić information content (AvgIpc) is 2.93. The number of nitrogens with zero attached hydrogens (tertiary/aromatic N) is 3. The van der Waals surface area contributed by atoms with Crippen molar-refractivity contribution in [2.75, 3.05) is 6.54 Å². The Labute approximate surface area is 173 Å². The van der Waals surface area contributed by atoms with Gasteiger partial charge in [-0.15, -0.1) is 0 Å². The van der Waals surface area contributed by atoms with Crippen molar-refractivity contribution in [3.8, 4) is 0 Å². The van der Waals surface area contributed by atoms with Crippen molar-refractivity contribution < 1.29 is 19.1 Å². The fraction of sp³-hybridized carbons (Fsp3) is 0.476. The van der Waals surface area contributed by atoms with E-state index >= 15 is 0 Å². The number of aromatic nitrogens is 2. The lowest BCUT2D eigenvalue weighted by molar-refractivity contribution is -0.149. The minimum absolute atomic E-state index is 0.0157. The Kier molecular flexibility index (Phi) is 5.05. The number of aryl methyl sites for hydroxylation is 1. The van der Waals surface area contributed by atoms with Crippen molar-refractivity contribution in [3.05, 3.63) is 46.0 Å². The highest BCUT2D eigenvalue weighted by atomic mass is 16.5. The zero-order valence-corrected chi connectivity index (χ0v) is 17.0. The van der Waals surface area contributed by atoms with Gasteiger partial charge in [-0.1, -0.05) is 25.8 Å². The smallest absolute Gasteiger partial charge is 0.326 e. The molecule has 9 heteroatoms. The Balaban J connectivity index is 1.43. The summed E-state index contributed by atoms with van der Waals surface area (Å²) in [5, 5.41) is 2.80. The molecule has 30 heavy (non-hydrogen) atoms. The lowest BCUT2D eigenvalue weighted by Gasteiger charge is -2.36. The van der Waals surface area contributed by atoms with Crippen LogP contribution in [0.15, 0.2) is 29.1 Å². The van der Waals surface area contributed by atoms with E-state index in [9.17, 15) is 19.2 Å². The molecule has 3 amide bonds. The minimum Gasteiger partial charge on any atom is -0.458 e. The summed E-state index contributed by atoms with van der Waals surface area (Å²) in [6.45, 7) is 3.06. The molecule has 0 radical (unpaired) electrons. The molecule has 2 aliphatic rings. The largest absolute Gasteiger partial charge is 0.458 e. The third-order valence-corrected chi connectivity index (χ3v) is 6.10. The number of carbonyl (C=O) groups excluding carboxylic acids is 3. The number of urea groups is 1. The van der Waals surface area contributed by atoms with Crippen LogP contribution in [0.3, 0.4) is 0 Å². The SMILES string of the molecule is Cc1cccc2nc(COC(=O)CN3C(=O)NC4(CCCCC4C)C3=O)cc(=O)n12. The van der Waals surface area contributed by atoms with Gasteiger partial charge in [0.25, 0.3) is 11.5 Å². The van der Waals surface area contributed by atoms with Gasteiger partial charge in [0.05, 0.1) is 5.69 Å². The summed E-state index contributed by atoms with van der Waals surface area (Å²) in [7, 11) is 0. The number of carbonyl (C=O) groups is 3. The molecule has 158 valence electrons. The summed E-state index contributed by atoms with van der Waals surface area (Å²) >= 11 is 0. The third-order valence-electron chi connectivity index (χ3n) is 6.10. The molecule has 0 bridgehead atoms. The lowest BCUT2D eigenvalue weighted by atomic mass is 9.73. The van der Waals surface area contributed by atoms with E-state index in [0.29, 0.717) is 17.8 Å². The van der Waals surface area contributed by atoms with E-state index in [-0.39, 0.29) is 24.0 Å². The highest BCUT2D eigenvalue weighted by Crippen LogP contribution is 2.38. The molecule has 2 fully saturated rings. The van der Waals surface area contributed by atoms with Crippen molar-refractivity contribution in [1.29, 1.82) is 0 Å². The number of fused-ring (bicyclic) bond motifs is 1. The van der Waals surface area contributed by atoms with Gasteiger partial charge in [0.2, 0.25) is 0 Å². The van der Waals surface area contributed by atoms with Gasteiger partial charge in [-0.05, 0) is 37.8 Å². The van der Waals surface area contributed by atoms with Crippen LogP contribution in [0.2, 0.25) is 0 Å². The highest BCUT2D eigenvalue weighted by molar-refractivity contribution is 6.08. The van der Waals surface area contributed by atoms with Crippen LogP contribution in [0.5, 0.6) is 0 Å². The van der Waals surface area contributed by atoms with Crippen LogP contribution >= 0.6 is 0 Å². The Morgan fingerprint density at radius 2 is 2.10 bits per heavy atom. The first-order valence-corrected chi connectivity index (χ1v) is 10.1. The van der Waals surface area contributed by atoms with Gasteiger partial charge >= 0.3 is 12.0 Å². The molecule has 2 aromatic rings. The Morgan fingerprint density at radius 3 is 2.87 bits per heavy atom. The van der Waals surface area contributed by atoms with Crippen LogP contribution < -0.4 is 10.9 Å². The topological polar surface area (TPSA) is 110 Å². The van der Waals surface area contributed by atoms with Crippen LogP contribution in [0.25, 0.3) is 5.65 Å². The minimum atomic E-state index is -0.915. The standard InChI is InChI=1S/C21H24N4O5/c1-13-6-3-4-9-21(13)19(28)24(20(29)23-21)11-18(27)30-12-15-10-17(26)25-14(2)7-5-8-16(25)22-15/h5,7-8,10,13H,3-4,6,9,11-12H2,1-2H3,(H,23,29). The fourth-order valence-electron chi connectivity index (χ4n) is 4.41. The van der Waals surface area contributed by atoms with E-state index < -0.39 is 24.1 Å². The van der Waals surface area contributed by atoms with Crippen molar-refractivity contribution in [2.24, 2.45) is 5.92 Å². The molecule has 1 aliphatic heterocycles. The first-order chi connectivity index (χ1) is 14.3. The molecule has 2 atom stereocenters. The normalized spacial score (nSPS) is 23.8. The molecule has 9 nitrogen and oxygen atoms in total. The predicted molar refractivity (Wildman–Crippen MR) is 107 cm³/mol. The van der Waals surface area contributed by atoms with Gasteiger partial charge in [0.1, 0.15) is 24.3 Å². The van der Waals surface area contributed by atoms with Crippen LogP contribution in [-0.4, -0.2) is 44.3 Å². The quantitative estimate of drug-likeness (QED) is 0.603. The number of esters is 1. The number of ether oxygens (including phenoxy) is 1. The molecule has 1 spiro atoms. The first-order valence-electron chi connectivity index (χ1n) is 10.1. The summed E-state index contributed by atoms with van der Waals surface area (Å²) in [6, 6.07) is 6.01.